The van der Waals surface area contributed by atoms with E-state index in [1.807, 2.05) is 12.1 Å². The molecule has 1 unspecified atom stereocenters. The summed E-state index contributed by atoms with van der Waals surface area (Å²) in [5.74, 6) is 1.71. The maximum atomic E-state index is 12.3. The molecule has 1 heterocycles. The molecule has 7 heteroatoms. The molecule has 0 fully saturated rings. The second-order valence-corrected chi connectivity index (χ2v) is 9.64. The molecule has 0 saturated carbocycles. The lowest BCUT2D eigenvalue weighted by atomic mass is 10.0. The first-order valence-corrected chi connectivity index (χ1v) is 13.7. The number of hydrogen-bond acceptors (Lipinski definition) is 7. The summed E-state index contributed by atoms with van der Waals surface area (Å²) in [4.78, 5) is 12.3. The van der Waals surface area contributed by atoms with Gasteiger partial charge in [-0.3, -0.25) is 0 Å². The van der Waals surface area contributed by atoms with Gasteiger partial charge in [-0.2, -0.15) is 5.26 Å². The lowest BCUT2D eigenvalue weighted by Crippen LogP contribution is -2.25. The number of allylic oxidation sites excluding steroid dienone is 1. The Morgan fingerprint density at radius 2 is 1.74 bits per heavy atom. The van der Waals surface area contributed by atoms with Crippen molar-refractivity contribution in [1.29, 1.82) is 5.26 Å². The second-order valence-electron chi connectivity index (χ2n) is 9.64. The third-order valence-corrected chi connectivity index (χ3v) is 6.44. The number of carbonyl (C=O) groups is 1. The lowest BCUT2D eigenvalue weighted by molar-refractivity contribution is -0.159. The molecule has 7 nitrogen and oxygen atoms in total. The van der Waals surface area contributed by atoms with E-state index in [2.05, 4.69) is 19.6 Å². The van der Waals surface area contributed by atoms with E-state index in [4.69, 9.17) is 23.7 Å². The Hall–Kier alpha value is -3.92. The van der Waals surface area contributed by atoms with Gasteiger partial charge in [0.05, 0.1) is 18.8 Å². The number of rotatable bonds is 16. The van der Waals surface area contributed by atoms with Crippen LogP contribution < -0.4 is 18.9 Å². The van der Waals surface area contributed by atoms with Crippen molar-refractivity contribution in [3.63, 3.8) is 0 Å². The van der Waals surface area contributed by atoms with Crippen molar-refractivity contribution in [3.8, 4) is 29.1 Å². The minimum absolute atomic E-state index is 0.171. The number of esters is 1. The van der Waals surface area contributed by atoms with Crippen molar-refractivity contribution in [1.82, 2.24) is 0 Å². The highest BCUT2D eigenvalue weighted by Crippen LogP contribution is 2.36. The summed E-state index contributed by atoms with van der Waals surface area (Å²) >= 11 is 0. The van der Waals surface area contributed by atoms with E-state index < -0.39 is 12.3 Å². The number of unbranched alkanes of at least 4 members (excludes halogenated alkanes) is 7. The molecule has 0 bridgehead atoms. The van der Waals surface area contributed by atoms with Gasteiger partial charge < -0.3 is 23.7 Å². The average molecular weight is 534 g/mol. The van der Waals surface area contributed by atoms with Crippen molar-refractivity contribution >= 4 is 17.6 Å². The molecule has 1 aliphatic rings. The van der Waals surface area contributed by atoms with Gasteiger partial charge in [0.2, 0.25) is 13.1 Å². The topological polar surface area (TPSA) is 87.0 Å². The van der Waals surface area contributed by atoms with Crippen LogP contribution in [-0.2, 0) is 9.53 Å². The second kappa shape index (κ2) is 15.5. The van der Waals surface area contributed by atoms with Crippen molar-refractivity contribution < 1.29 is 28.5 Å². The predicted molar refractivity (Wildman–Crippen MR) is 152 cm³/mol. The highest BCUT2D eigenvalue weighted by molar-refractivity contribution is 5.90. The van der Waals surface area contributed by atoms with E-state index >= 15 is 0 Å². The van der Waals surface area contributed by atoms with Gasteiger partial charge in [-0.05, 0) is 60.9 Å². The fraction of sp³-hybridized carbons (Fsp3) is 0.438. The van der Waals surface area contributed by atoms with Gasteiger partial charge in [0, 0.05) is 12.0 Å². The third kappa shape index (κ3) is 9.10. The fourth-order valence-corrected chi connectivity index (χ4v) is 4.23. The molecule has 0 aliphatic carbocycles. The summed E-state index contributed by atoms with van der Waals surface area (Å²) < 4.78 is 28.1. The number of fused-ring (bicyclic) bond motifs is 1. The maximum absolute atomic E-state index is 12.3. The van der Waals surface area contributed by atoms with Crippen LogP contribution in [0.15, 0.2) is 48.6 Å². The molecule has 0 amide bonds. The van der Waals surface area contributed by atoms with E-state index in [-0.39, 0.29) is 6.79 Å². The van der Waals surface area contributed by atoms with Gasteiger partial charge >= 0.3 is 5.97 Å². The van der Waals surface area contributed by atoms with Gasteiger partial charge in [0.15, 0.2) is 23.0 Å². The molecular formula is C32H39NO6. The Morgan fingerprint density at radius 3 is 2.44 bits per heavy atom. The van der Waals surface area contributed by atoms with E-state index in [1.165, 1.54) is 32.1 Å². The normalized spacial score (nSPS) is 12.9. The summed E-state index contributed by atoms with van der Waals surface area (Å²) in [5.41, 5.74) is 2.26. The molecule has 0 spiro atoms. The monoisotopic (exact) mass is 533 g/mol. The minimum Gasteiger partial charge on any atom is -0.493 e. The first-order chi connectivity index (χ1) is 18.9. The summed E-state index contributed by atoms with van der Waals surface area (Å²) in [5, 5.41) is 9.79. The summed E-state index contributed by atoms with van der Waals surface area (Å²) in [6.45, 7) is 7.69. The van der Waals surface area contributed by atoms with Crippen LogP contribution in [0.3, 0.4) is 0 Å². The third-order valence-electron chi connectivity index (χ3n) is 6.44. The highest BCUT2D eigenvalue weighted by Gasteiger charge is 2.19. The molecule has 2 aromatic rings. The molecule has 1 atom stereocenters. The smallest absolute Gasteiger partial charge is 0.336 e. The highest BCUT2D eigenvalue weighted by atomic mass is 16.7. The van der Waals surface area contributed by atoms with Crippen LogP contribution in [-0.4, -0.2) is 26.2 Å². The Balaban J connectivity index is 1.69. The SMILES string of the molecule is C=C(C)C(=O)OC(CCCCCCCCCC)Oc1ccc(C=C(C#N)c2ccc3c(c2)OCO3)cc1OC. The van der Waals surface area contributed by atoms with Crippen LogP contribution in [0.5, 0.6) is 23.0 Å². The Bertz CT molecular complexity index is 1200. The summed E-state index contributed by atoms with van der Waals surface area (Å²) in [6, 6.07) is 13.0. The number of ether oxygens (including phenoxy) is 5. The molecule has 3 rings (SSSR count). The largest absolute Gasteiger partial charge is 0.493 e. The summed E-state index contributed by atoms with van der Waals surface area (Å²) in [7, 11) is 1.55. The van der Waals surface area contributed by atoms with Crippen LogP contribution in [0.25, 0.3) is 11.6 Å². The van der Waals surface area contributed by atoms with Gasteiger partial charge in [-0.1, -0.05) is 64.5 Å². The number of methoxy groups -OCH3 is 1. The lowest BCUT2D eigenvalue weighted by Gasteiger charge is -2.21. The first kappa shape index (κ1) is 29.6. The van der Waals surface area contributed by atoms with Crippen LogP contribution in [0, 0.1) is 11.3 Å². The molecular weight excluding hydrogens is 494 g/mol. The van der Waals surface area contributed by atoms with E-state index in [9.17, 15) is 10.1 Å². The molecule has 0 N–H and O–H groups in total. The van der Waals surface area contributed by atoms with Gasteiger partial charge in [0.25, 0.3) is 0 Å². The number of nitrogens with zero attached hydrogens (tertiary/aromatic N) is 1. The van der Waals surface area contributed by atoms with Gasteiger partial charge in [-0.15, -0.1) is 0 Å². The van der Waals surface area contributed by atoms with Crippen LogP contribution in [0.2, 0.25) is 0 Å². The van der Waals surface area contributed by atoms with Crippen molar-refractivity contribution in [3.05, 3.63) is 59.7 Å². The fourth-order valence-electron chi connectivity index (χ4n) is 4.23. The van der Waals surface area contributed by atoms with Crippen LogP contribution in [0.1, 0.15) is 82.8 Å². The number of hydrogen-bond donors (Lipinski definition) is 0. The minimum atomic E-state index is -0.757. The van der Waals surface area contributed by atoms with Crippen molar-refractivity contribution in [2.45, 2.75) is 77.9 Å². The molecule has 0 saturated heterocycles. The standard InChI is InChI=1S/C32H39NO6/c1-5-6-7-8-9-10-11-12-13-31(39-32(34)23(2)3)38-28-16-14-24(19-29(28)35-4)18-26(21-33)25-15-17-27-30(20-25)37-22-36-27/h14-20,31H,2,5-13,22H2,1,3-4H3. The van der Waals surface area contributed by atoms with Crippen molar-refractivity contribution in [2.75, 3.05) is 13.9 Å². The van der Waals surface area contributed by atoms with Crippen LogP contribution >= 0.6 is 0 Å². The number of carbonyl (C=O) groups excluding carboxylic acids is 1. The van der Waals surface area contributed by atoms with Crippen molar-refractivity contribution in [2.24, 2.45) is 0 Å². The molecule has 2 aromatic carbocycles. The molecule has 0 aromatic heterocycles. The number of benzene rings is 2. The molecule has 39 heavy (non-hydrogen) atoms. The number of nitriles is 1. The zero-order valence-electron chi connectivity index (χ0n) is 23.3. The van der Waals surface area contributed by atoms with E-state index in [0.717, 1.165) is 30.4 Å². The average Bonchev–Trinajstić information content (AvgIpc) is 3.41. The molecule has 1 aliphatic heterocycles. The Labute approximate surface area is 232 Å². The summed E-state index contributed by atoms with van der Waals surface area (Å²) in [6.07, 6.45) is 11.0. The maximum Gasteiger partial charge on any atom is 0.336 e. The zero-order chi connectivity index (χ0) is 28.0. The van der Waals surface area contributed by atoms with Crippen LogP contribution in [0.4, 0.5) is 0 Å². The van der Waals surface area contributed by atoms with Gasteiger partial charge in [-0.25, -0.2) is 4.79 Å². The molecule has 208 valence electrons. The predicted octanol–water partition coefficient (Wildman–Crippen LogP) is 7.84. The van der Waals surface area contributed by atoms with E-state index in [1.54, 1.807) is 44.4 Å². The zero-order valence-corrected chi connectivity index (χ0v) is 23.3. The Kier molecular flexibility index (Phi) is 11.8. The quantitative estimate of drug-likeness (QED) is 0.0542. The van der Waals surface area contributed by atoms with E-state index in [0.29, 0.717) is 40.6 Å². The molecule has 0 radical (unpaired) electrons. The van der Waals surface area contributed by atoms with Gasteiger partial charge in [0.1, 0.15) is 0 Å². The first-order valence-electron chi connectivity index (χ1n) is 13.7. The Morgan fingerprint density at radius 1 is 1.03 bits per heavy atom.